The van der Waals surface area contributed by atoms with Gasteiger partial charge in [-0.25, -0.2) is 0 Å². The third-order valence-corrected chi connectivity index (χ3v) is 2.98. The first-order valence-corrected chi connectivity index (χ1v) is 6.19. The predicted molar refractivity (Wildman–Crippen MR) is 74.4 cm³/mol. The molecular weight excluding hydrogens is 282 g/mol. The van der Waals surface area contributed by atoms with Crippen LogP contribution in [-0.2, 0) is 16.0 Å². The summed E-state index contributed by atoms with van der Waals surface area (Å²) in [5.41, 5.74) is 7.52. The lowest BCUT2D eigenvalue weighted by Crippen LogP contribution is -2.22. The van der Waals surface area contributed by atoms with Gasteiger partial charge in [-0.1, -0.05) is 29.4 Å². The van der Waals surface area contributed by atoms with Crippen molar-refractivity contribution >= 4 is 12.4 Å². The van der Waals surface area contributed by atoms with E-state index in [1.165, 1.54) is 0 Å². The minimum absolute atomic E-state index is 0. The van der Waals surface area contributed by atoms with Crippen LogP contribution >= 0.6 is 12.4 Å². The maximum absolute atomic E-state index is 5.56. The number of nitrogens with two attached hydrogens (primary N) is 1. The highest BCUT2D eigenvalue weighted by molar-refractivity contribution is 5.85. The van der Waals surface area contributed by atoms with Crippen LogP contribution in [0.2, 0.25) is 0 Å². The van der Waals surface area contributed by atoms with Crippen LogP contribution in [-0.4, -0.2) is 30.0 Å². The minimum atomic E-state index is -0.265. The molecule has 1 unspecified atom stereocenters. The van der Waals surface area contributed by atoms with E-state index in [1.807, 2.05) is 24.3 Å². The van der Waals surface area contributed by atoms with Gasteiger partial charge < -0.3 is 19.7 Å². The molecule has 0 bridgehead atoms. The first-order valence-electron chi connectivity index (χ1n) is 6.19. The number of nitrogens with zero attached hydrogens (tertiary/aromatic N) is 2. The van der Waals surface area contributed by atoms with Gasteiger partial charge in [-0.15, -0.1) is 12.4 Å². The Morgan fingerprint density at radius 1 is 1.20 bits per heavy atom. The average Bonchev–Trinajstić information content (AvgIpc) is 2.98. The Morgan fingerprint density at radius 2 is 2.00 bits per heavy atom. The highest BCUT2D eigenvalue weighted by Crippen LogP contribution is 2.22. The second-order valence-electron chi connectivity index (χ2n) is 4.29. The van der Waals surface area contributed by atoms with E-state index in [4.69, 9.17) is 19.7 Å². The van der Waals surface area contributed by atoms with E-state index in [1.54, 1.807) is 0 Å². The lowest BCUT2D eigenvalue weighted by Gasteiger charge is -2.19. The Bertz CT molecular complexity index is 538. The standard InChI is InChI=1S/C13H15N3O3.ClH/c14-7-9-1-3-10(4-2-9)12-15-13(19-16-12)11-8-17-5-6-18-11;/h1-4,11H,5-8,14H2;1H. The molecule has 0 saturated carbocycles. The molecular formula is C13H16ClN3O3. The summed E-state index contributed by atoms with van der Waals surface area (Å²) < 4.78 is 16.1. The SMILES string of the molecule is Cl.NCc1ccc(-c2noc(C3COCCO3)n2)cc1. The lowest BCUT2D eigenvalue weighted by molar-refractivity contribution is -0.101. The fourth-order valence-corrected chi connectivity index (χ4v) is 1.90. The van der Waals surface area contributed by atoms with Gasteiger partial charge in [0, 0.05) is 12.1 Å². The number of aromatic nitrogens is 2. The summed E-state index contributed by atoms with van der Waals surface area (Å²) in [5.74, 6) is 1.00. The van der Waals surface area contributed by atoms with Crippen molar-refractivity contribution < 1.29 is 14.0 Å². The van der Waals surface area contributed by atoms with Crippen LogP contribution < -0.4 is 5.73 Å². The summed E-state index contributed by atoms with van der Waals surface area (Å²) in [7, 11) is 0. The fourth-order valence-electron chi connectivity index (χ4n) is 1.90. The van der Waals surface area contributed by atoms with Gasteiger partial charge in [0.15, 0.2) is 6.10 Å². The number of ether oxygens (including phenoxy) is 2. The summed E-state index contributed by atoms with van der Waals surface area (Å²) in [6, 6.07) is 7.75. The molecule has 6 nitrogen and oxygen atoms in total. The van der Waals surface area contributed by atoms with Crippen molar-refractivity contribution in [2.45, 2.75) is 12.6 Å². The number of hydrogen-bond acceptors (Lipinski definition) is 6. The van der Waals surface area contributed by atoms with Gasteiger partial charge in [0.2, 0.25) is 5.82 Å². The third kappa shape index (κ3) is 3.16. The largest absolute Gasteiger partial charge is 0.376 e. The topological polar surface area (TPSA) is 83.4 Å². The van der Waals surface area contributed by atoms with Crippen molar-refractivity contribution in [2.75, 3.05) is 19.8 Å². The van der Waals surface area contributed by atoms with Crippen LogP contribution in [0.15, 0.2) is 28.8 Å². The quantitative estimate of drug-likeness (QED) is 0.928. The van der Waals surface area contributed by atoms with Crippen molar-refractivity contribution in [3.63, 3.8) is 0 Å². The van der Waals surface area contributed by atoms with Crippen LogP contribution in [0.25, 0.3) is 11.4 Å². The Morgan fingerprint density at radius 3 is 2.65 bits per heavy atom. The van der Waals surface area contributed by atoms with E-state index >= 15 is 0 Å². The van der Waals surface area contributed by atoms with Crippen molar-refractivity contribution in [2.24, 2.45) is 5.73 Å². The molecule has 1 aliphatic rings. The van der Waals surface area contributed by atoms with Crippen LogP contribution in [0.5, 0.6) is 0 Å². The van der Waals surface area contributed by atoms with Crippen LogP contribution in [0.4, 0.5) is 0 Å². The zero-order chi connectivity index (χ0) is 13.1. The van der Waals surface area contributed by atoms with E-state index in [9.17, 15) is 0 Å². The zero-order valence-corrected chi connectivity index (χ0v) is 11.6. The molecule has 1 saturated heterocycles. The minimum Gasteiger partial charge on any atom is -0.376 e. The van der Waals surface area contributed by atoms with Gasteiger partial charge in [-0.3, -0.25) is 0 Å². The molecule has 0 spiro atoms. The molecule has 3 rings (SSSR count). The average molecular weight is 298 g/mol. The molecule has 2 heterocycles. The summed E-state index contributed by atoms with van der Waals surface area (Å²) in [6.45, 7) is 2.13. The van der Waals surface area contributed by atoms with E-state index in [2.05, 4.69) is 10.1 Å². The van der Waals surface area contributed by atoms with E-state index in [0.29, 0.717) is 38.1 Å². The van der Waals surface area contributed by atoms with Gasteiger partial charge in [0.05, 0.1) is 19.8 Å². The molecule has 0 radical (unpaired) electrons. The summed E-state index contributed by atoms with van der Waals surface area (Å²) in [5, 5.41) is 3.96. The molecule has 1 aliphatic heterocycles. The van der Waals surface area contributed by atoms with Gasteiger partial charge in [-0.05, 0) is 5.56 Å². The molecule has 1 aromatic carbocycles. The first-order chi connectivity index (χ1) is 9.36. The number of halogens is 1. The van der Waals surface area contributed by atoms with E-state index in [-0.39, 0.29) is 18.5 Å². The van der Waals surface area contributed by atoms with E-state index in [0.717, 1.165) is 11.1 Å². The van der Waals surface area contributed by atoms with Crippen LogP contribution in [0.1, 0.15) is 17.6 Å². The first kappa shape index (κ1) is 14.9. The Labute approximate surface area is 122 Å². The molecule has 0 aliphatic carbocycles. The summed E-state index contributed by atoms with van der Waals surface area (Å²) >= 11 is 0. The number of hydrogen-bond donors (Lipinski definition) is 1. The normalized spacial score (nSPS) is 18.6. The maximum atomic E-state index is 5.56. The molecule has 1 fully saturated rings. The number of benzene rings is 1. The Kier molecular flexibility index (Phi) is 5.08. The fraction of sp³-hybridized carbons (Fsp3) is 0.385. The highest BCUT2D eigenvalue weighted by atomic mass is 35.5. The van der Waals surface area contributed by atoms with Crippen molar-refractivity contribution in [3.8, 4) is 11.4 Å². The van der Waals surface area contributed by atoms with Gasteiger partial charge >= 0.3 is 0 Å². The van der Waals surface area contributed by atoms with Gasteiger partial charge in [0.25, 0.3) is 5.89 Å². The Balaban J connectivity index is 0.00000147. The van der Waals surface area contributed by atoms with Crippen molar-refractivity contribution in [1.82, 2.24) is 10.1 Å². The van der Waals surface area contributed by atoms with E-state index < -0.39 is 0 Å². The number of rotatable bonds is 3. The van der Waals surface area contributed by atoms with Gasteiger partial charge in [0.1, 0.15) is 0 Å². The second kappa shape index (κ2) is 6.81. The molecule has 108 valence electrons. The molecule has 1 atom stereocenters. The smallest absolute Gasteiger partial charge is 0.258 e. The summed E-state index contributed by atoms with van der Waals surface area (Å²) in [6.07, 6.45) is -0.265. The third-order valence-electron chi connectivity index (χ3n) is 2.98. The molecule has 20 heavy (non-hydrogen) atoms. The molecule has 0 amide bonds. The van der Waals surface area contributed by atoms with Crippen LogP contribution in [0.3, 0.4) is 0 Å². The second-order valence-corrected chi connectivity index (χ2v) is 4.29. The lowest BCUT2D eigenvalue weighted by atomic mass is 10.1. The monoisotopic (exact) mass is 297 g/mol. The van der Waals surface area contributed by atoms with Gasteiger partial charge in [-0.2, -0.15) is 4.98 Å². The predicted octanol–water partition coefficient (Wildman–Crippen LogP) is 1.71. The molecule has 2 aromatic rings. The van der Waals surface area contributed by atoms with Crippen molar-refractivity contribution in [1.29, 1.82) is 0 Å². The van der Waals surface area contributed by atoms with Crippen LogP contribution in [0, 0.1) is 0 Å². The molecule has 2 N–H and O–H groups in total. The highest BCUT2D eigenvalue weighted by Gasteiger charge is 2.23. The molecule has 7 heteroatoms. The summed E-state index contributed by atoms with van der Waals surface area (Å²) in [4.78, 5) is 4.35. The zero-order valence-electron chi connectivity index (χ0n) is 10.8. The van der Waals surface area contributed by atoms with Crippen molar-refractivity contribution in [3.05, 3.63) is 35.7 Å². The molecule has 1 aromatic heterocycles. The Hall–Kier alpha value is -1.47. The maximum Gasteiger partial charge on any atom is 0.258 e.